The van der Waals surface area contributed by atoms with Gasteiger partial charge in [0.2, 0.25) is 0 Å². The van der Waals surface area contributed by atoms with E-state index in [4.69, 9.17) is 9.84 Å². The third-order valence-corrected chi connectivity index (χ3v) is 3.39. The lowest BCUT2D eigenvalue weighted by atomic mass is 10.1. The van der Waals surface area contributed by atoms with Crippen LogP contribution in [0.1, 0.15) is 21.5 Å². The van der Waals surface area contributed by atoms with Crippen molar-refractivity contribution in [3.63, 3.8) is 0 Å². The molecule has 0 aliphatic carbocycles. The first-order valence-corrected chi connectivity index (χ1v) is 6.54. The smallest absolute Gasteiger partial charge is 0.335 e. The molecule has 2 N–H and O–H groups in total. The molecule has 1 heterocycles. The number of aromatic carboxylic acids is 1. The van der Waals surface area contributed by atoms with Crippen molar-refractivity contribution in [2.24, 2.45) is 0 Å². The number of benzene rings is 2. The summed E-state index contributed by atoms with van der Waals surface area (Å²) < 4.78 is 5.47. The molecule has 0 spiro atoms. The van der Waals surface area contributed by atoms with Gasteiger partial charge in [-0.3, -0.25) is 0 Å². The van der Waals surface area contributed by atoms with Crippen LogP contribution in [-0.4, -0.2) is 17.7 Å². The average molecular weight is 269 g/mol. The predicted octanol–water partition coefficient (Wildman–Crippen LogP) is 2.93. The fourth-order valence-corrected chi connectivity index (χ4v) is 2.27. The molecule has 0 saturated heterocycles. The van der Waals surface area contributed by atoms with Crippen molar-refractivity contribution in [3.8, 4) is 5.75 Å². The molecule has 0 amide bonds. The van der Waals surface area contributed by atoms with Gasteiger partial charge in [-0.15, -0.1) is 0 Å². The Balaban J connectivity index is 1.65. The van der Waals surface area contributed by atoms with E-state index < -0.39 is 5.97 Å². The molecular weight excluding hydrogens is 254 g/mol. The second-order valence-corrected chi connectivity index (χ2v) is 4.78. The van der Waals surface area contributed by atoms with Crippen molar-refractivity contribution in [3.05, 3.63) is 59.2 Å². The van der Waals surface area contributed by atoms with Gasteiger partial charge in [0.25, 0.3) is 0 Å². The van der Waals surface area contributed by atoms with Gasteiger partial charge in [-0.25, -0.2) is 4.79 Å². The molecule has 0 saturated carbocycles. The molecule has 2 aromatic carbocycles. The molecule has 1 aliphatic heterocycles. The van der Waals surface area contributed by atoms with E-state index in [0.29, 0.717) is 12.1 Å². The van der Waals surface area contributed by atoms with Gasteiger partial charge in [0, 0.05) is 18.7 Å². The van der Waals surface area contributed by atoms with Gasteiger partial charge in [-0.1, -0.05) is 12.1 Å². The zero-order valence-corrected chi connectivity index (χ0v) is 10.9. The third kappa shape index (κ3) is 2.59. The molecule has 3 rings (SSSR count). The van der Waals surface area contributed by atoms with E-state index >= 15 is 0 Å². The highest BCUT2D eigenvalue weighted by molar-refractivity contribution is 5.87. The van der Waals surface area contributed by atoms with Gasteiger partial charge < -0.3 is 15.2 Å². The maximum Gasteiger partial charge on any atom is 0.335 e. The minimum Gasteiger partial charge on any atom is -0.493 e. The molecule has 4 heteroatoms. The largest absolute Gasteiger partial charge is 0.493 e. The molecule has 2 aromatic rings. The van der Waals surface area contributed by atoms with Gasteiger partial charge in [-0.05, 0) is 41.5 Å². The van der Waals surface area contributed by atoms with Gasteiger partial charge in [0.15, 0.2) is 0 Å². The topological polar surface area (TPSA) is 58.6 Å². The van der Waals surface area contributed by atoms with Crippen LogP contribution in [-0.2, 0) is 13.0 Å². The highest BCUT2D eigenvalue weighted by Gasteiger charge is 2.11. The van der Waals surface area contributed by atoms with E-state index in [0.717, 1.165) is 30.0 Å². The van der Waals surface area contributed by atoms with Crippen LogP contribution in [0, 0.1) is 0 Å². The minimum absolute atomic E-state index is 0.309. The van der Waals surface area contributed by atoms with Crippen molar-refractivity contribution >= 4 is 11.7 Å². The Hall–Kier alpha value is -2.49. The normalized spacial score (nSPS) is 12.6. The summed E-state index contributed by atoms with van der Waals surface area (Å²) in [5.74, 6) is 0.0736. The number of fused-ring (bicyclic) bond motifs is 1. The van der Waals surface area contributed by atoms with E-state index in [9.17, 15) is 4.79 Å². The summed E-state index contributed by atoms with van der Waals surface area (Å²) in [7, 11) is 0. The zero-order chi connectivity index (χ0) is 13.9. The molecule has 0 fully saturated rings. The summed E-state index contributed by atoms with van der Waals surface area (Å²) in [5.41, 5.74) is 3.64. The first-order chi connectivity index (χ1) is 9.72. The Morgan fingerprint density at radius 1 is 1.20 bits per heavy atom. The molecule has 0 atom stereocenters. The van der Waals surface area contributed by atoms with E-state index in [1.54, 1.807) is 12.1 Å². The molecule has 0 bridgehead atoms. The number of carboxylic acids is 1. The van der Waals surface area contributed by atoms with Crippen LogP contribution in [0.25, 0.3) is 0 Å². The molecular formula is C16H15NO3. The van der Waals surface area contributed by atoms with E-state index in [2.05, 4.69) is 11.4 Å². The van der Waals surface area contributed by atoms with Crippen LogP contribution in [0.15, 0.2) is 42.5 Å². The fourth-order valence-electron chi connectivity index (χ4n) is 2.27. The van der Waals surface area contributed by atoms with Crippen molar-refractivity contribution in [1.82, 2.24) is 0 Å². The quantitative estimate of drug-likeness (QED) is 0.896. The second-order valence-electron chi connectivity index (χ2n) is 4.78. The highest BCUT2D eigenvalue weighted by Crippen LogP contribution is 2.28. The monoisotopic (exact) mass is 269 g/mol. The molecule has 0 aromatic heterocycles. The lowest BCUT2D eigenvalue weighted by Crippen LogP contribution is -2.01. The van der Waals surface area contributed by atoms with Crippen LogP contribution in [0.5, 0.6) is 5.75 Å². The summed E-state index contributed by atoms with van der Waals surface area (Å²) in [6, 6.07) is 13.0. The number of carbonyl (C=O) groups is 1. The number of carboxylic acid groups (broad SMARTS) is 1. The van der Waals surface area contributed by atoms with Gasteiger partial charge in [0.1, 0.15) is 5.75 Å². The fraction of sp³-hybridized carbons (Fsp3) is 0.188. The maximum absolute atomic E-state index is 10.8. The zero-order valence-electron chi connectivity index (χ0n) is 10.9. The van der Waals surface area contributed by atoms with Crippen LogP contribution >= 0.6 is 0 Å². The summed E-state index contributed by atoms with van der Waals surface area (Å²) in [4.78, 5) is 10.8. The average Bonchev–Trinajstić information content (AvgIpc) is 2.93. The molecule has 4 nitrogen and oxygen atoms in total. The molecule has 0 unspecified atom stereocenters. The highest BCUT2D eigenvalue weighted by atomic mass is 16.5. The number of rotatable bonds is 4. The Kier molecular flexibility index (Phi) is 3.29. The summed E-state index contributed by atoms with van der Waals surface area (Å²) in [6.45, 7) is 1.43. The first kappa shape index (κ1) is 12.5. The van der Waals surface area contributed by atoms with E-state index in [1.807, 2.05) is 24.3 Å². The van der Waals surface area contributed by atoms with Crippen LogP contribution < -0.4 is 10.1 Å². The first-order valence-electron chi connectivity index (χ1n) is 6.54. The summed E-state index contributed by atoms with van der Waals surface area (Å²) >= 11 is 0. The van der Waals surface area contributed by atoms with Crippen LogP contribution in [0.2, 0.25) is 0 Å². The van der Waals surface area contributed by atoms with Gasteiger partial charge in [-0.2, -0.15) is 0 Å². The second kappa shape index (κ2) is 5.25. The minimum atomic E-state index is -0.900. The Bertz CT molecular complexity index is 635. The standard InChI is InChI=1S/C16H15NO3/c18-16(19)12-3-1-11(2-4-12)10-17-14-5-6-15-13(9-14)7-8-20-15/h1-6,9,17H,7-8,10H2,(H,18,19). The van der Waals surface area contributed by atoms with Crippen molar-refractivity contribution < 1.29 is 14.6 Å². The number of anilines is 1. The predicted molar refractivity (Wildman–Crippen MR) is 76.4 cm³/mol. The molecule has 1 aliphatic rings. The van der Waals surface area contributed by atoms with E-state index in [-0.39, 0.29) is 0 Å². The lowest BCUT2D eigenvalue weighted by molar-refractivity contribution is 0.0697. The van der Waals surface area contributed by atoms with Crippen LogP contribution in [0.3, 0.4) is 0 Å². The molecule has 0 radical (unpaired) electrons. The van der Waals surface area contributed by atoms with E-state index in [1.165, 1.54) is 5.56 Å². The van der Waals surface area contributed by atoms with Gasteiger partial charge >= 0.3 is 5.97 Å². The molecule has 20 heavy (non-hydrogen) atoms. The maximum atomic E-state index is 10.8. The third-order valence-electron chi connectivity index (χ3n) is 3.39. The SMILES string of the molecule is O=C(O)c1ccc(CNc2ccc3c(c2)CCO3)cc1. The van der Waals surface area contributed by atoms with Crippen molar-refractivity contribution in [2.75, 3.05) is 11.9 Å². The van der Waals surface area contributed by atoms with Crippen molar-refractivity contribution in [1.29, 1.82) is 0 Å². The Labute approximate surface area is 117 Å². The molecule has 102 valence electrons. The summed E-state index contributed by atoms with van der Waals surface area (Å²) in [5, 5.41) is 12.2. The Morgan fingerprint density at radius 3 is 2.75 bits per heavy atom. The lowest BCUT2D eigenvalue weighted by Gasteiger charge is -2.08. The number of hydrogen-bond acceptors (Lipinski definition) is 3. The summed E-state index contributed by atoms with van der Waals surface area (Å²) in [6.07, 6.45) is 0.957. The van der Waals surface area contributed by atoms with Crippen LogP contribution in [0.4, 0.5) is 5.69 Å². The number of hydrogen-bond donors (Lipinski definition) is 2. The Morgan fingerprint density at radius 2 is 2.00 bits per heavy atom. The van der Waals surface area contributed by atoms with Crippen molar-refractivity contribution in [2.45, 2.75) is 13.0 Å². The van der Waals surface area contributed by atoms with Gasteiger partial charge in [0.05, 0.1) is 12.2 Å². The number of ether oxygens (including phenoxy) is 1. The number of nitrogens with one attached hydrogen (secondary N) is 1.